The molecule has 0 aromatic heterocycles. The molecule has 0 saturated heterocycles. The molecule has 21 N–H and O–H groups in total. The third kappa shape index (κ3) is 19.9. The van der Waals surface area contributed by atoms with Crippen molar-refractivity contribution >= 4 is 59.0 Å². The summed E-state index contributed by atoms with van der Waals surface area (Å²) >= 11 is 0. The fourth-order valence-electron chi connectivity index (χ4n) is 6.36. The number of amides is 6. The first-order valence-electron chi connectivity index (χ1n) is 20.9. The molecule has 22 heteroatoms. The number of carbonyl (C=O) groups excluding carboxylic acids is 6. The third-order valence-corrected chi connectivity index (χ3v) is 9.70. The van der Waals surface area contributed by atoms with E-state index in [0.29, 0.717) is 24.8 Å². The smallest absolute Gasteiger partial charge is 0.252 e. The number of hydrogen-bond donors (Lipinski definition) is 13. The fraction of sp³-hybridized carbons (Fsp3) is 0.372. The molecule has 3 aromatic carbocycles. The second-order valence-corrected chi connectivity index (χ2v) is 15.0. The highest BCUT2D eigenvalue weighted by Crippen LogP contribution is 2.15. The van der Waals surface area contributed by atoms with Gasteiger partial charge in [0.2, 0.25) is 29.5 Å². The minimum absolute atomic E-state index is 0.0500. The highest BCUT2D eigenvalue weighted by Gasteiger charge is 2.30. The molecule has 5 atom stereocenters. The number of nitrogens with one attached hydrogen (secondary N) is 5. The van der Waals surface area contributed by atoms with E-state index in [1.807, 2.05) is 0 Å². The molecule has 6 amide bonds. The van der Waals surface area contributed by atoms with Crippen LogP contribution in [-0.4, -0.2) is 103 Å². The Balaban J connectivity index is 1.83. The lowest BCUT2D eigenvalue weighted by Gasteiger charge is -2.24. The van der Waals surface area contributed by atoms with Crippen LogP contribution in [0.15, 0.2) is 99.9 Å². The van der Waals surface area contributed by atoms with E-state index >= 15 is 0 Å². The molecule has 0 saturated carbocycles. The molecular formula is C43H62N16O6. The Hall–Kier alpha value is -7.75. The van der Waals surface area contributed by atoms with Crippen molar-refractivity contribution in [1.29, 1.82) is 0 Å². The summed E-state index contributed by atoms with van der Waals surface area (Å²) in [6.45, 7) is 0.626. The Morgan fingerprint density at radius 3 is 1.43 bits per heavy atom. The number of guanidine groups is 3. The van der Waals surface area contributed by atoms with Crippen LogP contribution in [0.3, 0.4) is 0 Å². The first-order valence-corrected chi connectivity index (χ1v) is 20.9. The largest absolute Gasteiger partial charge is 0.370 e. The van der Waals surface area contributed by atoms with E-state index in [9.17, 15) is 28.8 Å². The van der Waals surface area contributed by atoms with Crippen molar-refractivity contribution in [1.82, 2.24) is 21.3 Å². The average molecular weight is 899 g/mol. The molecule has 65 heavy (non-hydrogen) atoms. The molecule has 3 rings (SSSR count). The van der Waals surface area contributed by atoms with E-state index in [-0.39, 0.29) is 80.9 Å². The van der Waals surface area contributed by atoms with Gasteiger partial charge in [0.25, 0.3) is 5.91 Å². The van der Waals surface area contributed by atoms with E-state index in [2.05, 4.69) is 41.6 Å². The van der Waals surface area contributed by atoms with Crippen molar-refractivity contribution in [2.75, 3.05) is 25.0 Å². The summed E-state index contributed by atoms with van der Waals surface area (Å²) in [6, 6.07) is 18.3. The van der Waals surface area contributed by atoms with Crippen LogP contribution in [0.1, 0.15) is 60.0 Å². The van der Waals surface area contributed by atoms with Crippen molar-refractivity contribution in [3.8, 4) is 0 Å². The lowest BCUT2D eigenvalue weighted by Crippen LogP contribution is -2.55. The molecule has 5 unspecified atom stereocenters. The molecular weight excluding hydrogens is 837 g/mol. The van der Waals surface area contributed by atoms with Gasteiger partial charge in [0.1, 0.15) is 24.2 Å². The number of carbonyl (C=O) groups is 6. The number of hydrogen-bond acceptors (Lipinski definition) is 10. The molecule has 3 aromatic rings. The summed E-state index contributed by atoms with van der Waals surface area (Å²) in [4.78, 5) is 92.6. The average Bonchev–Trinajstić information content (AvgIpc) is 3.26. The number of nitrogens with zero attached hydrogens (tertiary/aromatic N) is 3. The minimum atomic E-state index is -1.18. The maximum Gasteiger partial charge on any atom is 0.252 e. The zero-order valence-corrected chi connectivity index (χ0v) is 36.2. The Bertz CT molecular complexity index is 2120. The van der Waals surface area contributed by atoms with E-state index in [4.69, 9.17) is 45.9 Å². The summed E-state index contributed by atoms with van der Waals surface area (Å²) in [5, 5.41) is 13.6. The van der Waals surface area contributed by atoms with Gasteiger partial charge in [-0.1, -0.05) is 66.7 Å². The number of aliphatic imine (C=N–C) groups is 3. The second-order valence-electron chi connectivity index (χ2n) is 15.0. The highest BCUT2D eigenvalue weighted by atomic mass is 16.2. The molecule has 22 nitrogen and oxygen atoms in total. The topological polar surface area (TPSA) is 408 Å². The van der Waals surface area contributed by atoms with Crippen LogP contribution in [0.25, 0.3) is 0 Å². The summed E-state index contributed by atoms with van der Waals surface area (Å²) in [5.74, 6) is -4.37. The van der Waals surface area contributed by atoms with Crippen molar-refractivity contribution in [3.63, 3.8) is 0 Å². The predicted octanol–water partition coefficient (Wildman–Crippen LogP) is -2.36. The fourth-order valence-corrected chi connectivity index (χ4v) is 6.36. The molecule has 0 heterocycles. The third-order valence-electron chi connectivity index (χ3n) is 9.70. The number of benzene rings is 3. The number of rotatable bonds is 27. The van der Waals surface area contributed by atoms with E-state index < -0.39 is 65.7 Å². The van der Waals surface area contributed by atoms with Gasteiger partial charge in [-0.3, -0.25) is 43.7 Å². The first-order chi connectivity index (χ1) is 31.0. The summed E-state index contributed by atoms with van der Waals surface area (Å²) in [7, 11) is 0. The Labute approximate surface area is 377 Å². The summed E-state index contributed by atoms with van der Waals surface area (Å²) < 4.78 is 0. The van der Waals surface area contributed by atoms with E-state index in [0.717, 1.165) is 5.56 Å². The van der Waals surface area contributed by atoms with Gasteiger partial charge in [-0.25, -0.2) is 0 Å². The summed E-state index contributed by atoms with van der Waals surface area (Å²) in [6.07, 6.45) is 1.61. The van der Waals surface area contributed by atoms with Gasteiger partial charge in [-0.2, -0.15) is 0 Å². The molecule has 0 radical (unpaired) electrons. The van der Waals surface area contributed by atoms with Gasteiger partial charge in [0, 0.05) is 43.7 Å². The maximum atomic E-state index is 14.1. The Morgan fingerprint density at radius 2 is 0.923 bits per heavy atom. The van der Waals surface area contributed by atoms with Crippen LogP contribution in [-0.2, 0) is 36.8 Å². The van der Waals surface area contributed by atoms with Crippen LogP contribution < -0.4 is 72.5 Å². The quantitative estimate of drug-likeness (QED) is 0.0217. The standard InChI is InChI=1S/C43H62N16O6/c44-30(17-8-20-52-41(46)47)37(62)57-32(19-10-22-54-43(50)51)38(63)59-33(23-26-11-3-1-4-12-26)39(64)55-29-16-7-15-28(25-29)36(61)58-34(24-27-13-5-2-6-14-27)40(65)56-31(35(45)60)18-9-21-53-42(48)49/h1-7,11-16,25,30-34H,8-10,17-24,44H2,(H2,45,60)(H,55,64)(H,56,65)(H,57,62)(H,58,61)(H,59,63)(H4,46,47,52)(H4,48,49,53)(H4,50,51,54). The zero-order valence-electron chi connectivity index (χ0n) is 36.2. The van der Waals surface area contributed by atoms with Gasteiger partial charge in [-0.15, -0.1) is 0 Å². The molecule has 0 aliphatic rings. The van der Waals surface area contributed by atoms with Crippen LogP contribution in [0, 0.1) is 0 Å². The molecule has 0 aliphatic carbocycles. The SMILES string of the molecule is NC(=O)C(CCCN=C(N)N)NC(=O)C(Cc1ccccc1)NC(=O)c1cccc(NC(=O)C(Cc2ccccc2)NC(=O)C(CCCN=C(N)N)NC(=O)C(N)CCCN=C(N)N)c1. The molecule has 0 fully saturated rings. The monoisotopic (exact) mass is 899 g/mol. The lowest BCUT2D eigenvalue weighted by molar-refractivity contribution is -0.131. The van der Waals surface area contributed by atoms with Crippen LogP contribution in [0.5, 0.6) is 0 Å². The molecule has 0 spiro atoms. The van der Waals surface area contributed by atoms with E-state index in [1.54, 1.807) is 66.7 Å². The van der Waals surface area contributed by atoms with Crippen LogP contribution >= 0.6 is 0 Å². The van der Waals surface area contributed by atoms with Crippen molar-refractivity contribution in [3.05, 3.63) is 102 Å². The van der Waals surface area contributed by atoms with Crippen LogP contribution in [0.2, 0.25) is 0 Å². The van der Waals surface area contributed by atoms with Gasteiger partial charge in [0.05, 0.1) is 6.04 Å². The molecule has 0 aliphatic heterocycles. The lowest BCUT2D eigenvalue weighted by atomic mass is 10.0. The van der Waals surface area contributed by atoms with E-state index in [1.165, 1.54) is 18.2 Å². The minimum Gasteiger partial charge on any atom is -0.370 e. The van der Waals surface area contributed by atoms with Gasteiger partial charge in [0.15, 0.2) is 17.9 Å². The van der Waals surface area contributed by atoms with Crippen molar-refractivity contribution < 1.29 is 28.8 Å². The first kappa shape index (κ1) is 51.6. The van der Waals surface area contributed by atoms with Gasteiger partial charge in [-0.05, 0) is 67.9 Å². The van der Waals surface area contributed by atoms with Crippen molar-refractivity contribution in [2.24, 2.45) is 60.8 Å². The Morgan fingerprint density at radius 1 is 0.477 bits per heavy atom. The number of primary amides is 1. The number of nitrogens with two attached hydrogens (primary N) is 8. The van der Waals surface area contributed by atoms with Gasteiger partial charge < -0.3 is 72.5 Å². The molecule has 350 valence electrons. The normalized spacial score (nSPS) is 12.9. The second kappa shape index (κ2) is 27.3. The molecule has 0 bridgehead atoms. The van der Waals surface area contributed by atoms with Crippen molar-refractivity contribution in [2.45, 2.75) is 81.6 Å². The zero-order chi connectivity index (χ0) is 47.7. The van der Waals surface area contributed by atoms with Gasteiger partial charge >= 0.3 is 0 Å². The van der Waals surface area contributed by atoms with Crippen LogP contribution in [0.4, 0.5) is 5.69 Å². The maximum absolute atomic E-state index is 14.1. The number of anilines is 1. The highest BCUT2D eigenvalue weighted by molar-refractivity contribution is 6.02. The Kier molecular flexibility index (Phi) is 21.7. The predicted molar refractivity (Wildman–Crippen MR) is 249 cm³/mol. The summed E-state index contributed by atoms with van der Waals surface area (Å²) in [5.41, 5.74) is 45.9.